The van der Waals surface area contributed by atoms with Crippen molar-refractivity contribution in [2.45, 2.75) is 12.3 Å². The van der Waals surface area contributed by atoms with Crippen LogP contribution in [0.3, 0.4) is 0 Å². The highest BCUT2D eigenvalue weighted by Crippen LogP contribution is 2.29. The number of halogens is 2. The molecule has 1 aromatic carbocycles. The summed E-state index contributed by atoms with van der Waals surface area (Å²) in [6, 6.07) is 2.72. The lowest BCUT2D eigenvalue weighted by atomic mass is 9.98. The fourth-order valence-corrected chi connectivity index (χ4v) is 1.95. The lowest BCUT2D eigenvalue weighted by molar-refractivity contribution is 0.359. The first kappa shape index (κ1) is 10.4. The Morgan fingerprint density at radius 1 is 1.33 bits per heavy atom. The Morgan fingerprint density at radius 3 is 2.47 bits per heavy atom. The van der Waals surface area contributed by atoms with Gasteiger partial charge in [0.05, 0.1) is 7.11 Å². The van der Waals surface area contributed by atoms with Gasteiger partial charge in [-0.1, -0.05) is 0 Å². The van der Waals surface area contributed by atoms with Crippen molar-refractivity contribution in [3.63, 3.8) is 0 Å². The van der Waals surface area contributed by atoms with E-state index < -0.39 is 11.6 Å². The molecule has 1 aliphatic rings. The Balaban J connectivity index is 2.33. The summed E-state index contributed by atoms with van der Waals surface area (Å²) in [5.41, 5.74) is 0.704. The normalized spacial score (nSPS) is 20.6. The molecule has 15 heavy (non-hydrogen) atoms. The molecule has 0 aromatic heterocycles. The largest absolute Gasteiger partial charge is 0.491 e. The van der Waals surface area contributed by atoms with Gasteiger partial charge < -0.3 is 10.1 Å². The number of methoxy groups -OCH3 is 1. The van der Waals surface area contributed by atoms with Crippen molar-refractivity contribution < 1.29 is 13.5 Å². The second-order valence-electron chi connectivity index (χ2n) is 3.71. The van der Waals surface area contributed by atoms with E-state index in [1.807, 2.05) is 0 Å². The van der Waals surface area contributed by atoms with E-state index >= 15 is 0 Å². The van der Waals surface area contributed by atoms with Gasteiger partial charge in [-0.05, 0) is 36.6 Å². The van der Waals surface area contributed by atoms with Crippen LogP contribution in [0.15, 0.2) is 12.1 Å². The van der Waals surface area contributed by atoms with Crippen molar-refractivity contribution in [3.8, 4) is 5.75 Å². The molecule has 1 atom stereocenters. The minimum atomic E-state index is -0.626. The quantitative estimate of drug-likeness (QED) is 0.811. The van der Waals surface area contributed by atoms with E-state index in [-0.39, 0.29) is 11.7 Å². The van der Waals surface area contributed by atoms with Crippen LogP contribution in [0, 0.1) is 11.6 Å². The van der Waals surface area contributed by atoms with Gasteiger partial charge in [0, 0.05) is 6.54 Å². The summed E-state index contributed by atoms with van der Waals surface area (Å²) in [6.45, 7) is 1.69. The van der Waals surface area contributed by atoms with E-state index in [9.17, 15) is 8.78 Å². The molecule has 1 unspecified atom stereocenters. The Labute approximate surface area is 87.2 Å². The van der Waals surface area contributed by atoms with Gasteiger partial charge in [-0.3, -0.25) is 0 Å². The van der Waals surface area contributed by atoms with E-state index in [4.69, 9.17) is 0 Å². The highest BCUT2D eigenvalue weighted by atomic mass is 19.1. The first-order chi connectivity index (χ1) is 7.22. The van der Waals surface area contributed by atoms with Crippen LogP contribution >= 0.6 is 0 Å². The van der Waals surface area contributed by atoms with Gasteiger partial charge in [-0.2, -0.15) is 0 Å². The summed E-state index contributed by atoms with van der Waals surface area (Å²) in [4.78, 5) is 0. The first-order valence-corrected chi connectivity index (χ1v) is 4.96. The first-order valence-electron chi connectivity index (χ1n) is 4.96. The van der Waals surface area contributed by atoms with Crippen molar-refractivity contribution >= 4 is 0 Å². The molecule has 0 aliphatic carbocycles. The molecule has 1 saturated heterocycles. The molecule has 2 nitrogen and oxygen atoms in total. The molecule has 0 saturated carbocycles. The van der Waals surface area contributed by atoms with Gasteiger partial charge in [0.1, 0.15) is 0 Å². The molecule has 1 aliphatic heterocycles. The zero-order chi connectivity index (χ0) is 10.8. The predicted molar refractivity (Wildman–Crippen MR) is 53.1 cm³/mol. The van der Waals surface area contributed by atoms with Gasteiger partial charge in [0.25, 0.3) is 0 Å². The third-order valence-corrected chi connectivity index (χ3v) is 2.76. The van der Waals surface area contributed by atoms with Crippen LogP contribution < -0.4 is 10.1 Å². The maximum atomic E-state index is 13.4. The molecule has 0 bridgehead atoms. The highest BCUT2D eigenvalue weighted by molar-refractivity contribution is 5.33. The van der Waals surface area contributed by atoms with Crippen LogP contribution in [-0.4, -0.2) is 20.2 Å². The zero-order valence-corrected chi connectivity index (χ0v) is 8.52. The van der Waals surface area contributed by atoms with Crippen molar-refractivity contribution in [1.82, 2.24) is 5.32 Å². The fraction of sp³-hybridized carbons (Fsp3) is 0.455. The van der Waals surface area contributed by atoms with Crippen LogP contribution in [0.25, 0.3) is 0 Å². The van der Waals surface area contributed by atoms with Gasteiger partial charge in [-0.25, -0.2) is 8.78 Å². The molecule has 2 rings (SSSR count). The lowest BCUT2D eigenvalue weighted by Gasteiger charge is -2.11. The SMILES string of the molecule is COc1c(F)cc(C2CCNC2)cc1F. The summed E-state index contributed by atoms with van der Waals surface area (Å²) in [6.07, 6.45) is 0.922. The minimum Gasteiger partial charge on any atom is -0.491 e. The van der Waals surface area contributed by atoms with E-state index in [0.29, 0.717) is 5.56 Å². The Bertz CT molecular complexity index is 339. The number of hydrogen-bond acceptors (Lipinski definition) is 2. The molecule has 1 N–H and O–H groups in total. The topological polar surface area (TPSA) is 21.3 Å². The van der Waals surface area contributed by atoms with E-state index in [1.54, 1.807) is 0 Å². The van der Waals surface area contributed by atoms with Crippen LogP contribution in [0.2, 0.25) is 0 Å². The third kappa shape index (κ3) is 1.95. The molecular formula is C11H13F2NO. The maximum Gasteiger partial charge on any atom is 0.190 e. The van der Waals surface area contributed by atoms with Crippen molar-refractivity contribution in [3.05, 3.63) is 29.3 Å². The molecule has 0 radical (unpaired) electrons. The van der Waals surface area contributed by atoms with Crippen LogP contribution in [0.4, 0.5) is 8.78 Å². The predicted octanol–water partition coefficient (Wildman–Crippen LogP) is 2.05. The summed E-state index contributed by atoms with van der Waals surface area (Å²) in [5.74, 6) is -1.34. The van der Waals surface area contributed by atoms with Crippen molar-refractivity contribution in [2.75, 3.05) is 20.2 Å². The van der Waals surface area contributed by atoms with Crippen LogP contribution in [-0.2, 0) is 0 Å². The zero-order valence-electron chi connectivity index (χ0n) is 8.52. The molecule has 0 amide bonds. The van der Waals surface area contributed by atoms with Gasteiger partial charge in [0.2, 0.25) is 0 Å². The average molecular weight is 213 g/mol. The van der Waals surface area contributed by atoms with Crippen LogP contribution in [0.5, 0.6) is 5.75 Å². The third-order valence-electron chi connectivity index (χ3n) is 2.76. The lowest BCUT2D eigenvalue weighted by Crippen LogP contribution is -2.08. The molecule has 0 spiro atoms. The second-order valence-corrected chi connectivity index (χ2v) is 3.71. The van der Waals surface area contributed by atoms with Gasteiger partial charge in [-0.15, -0.1) is 0 Å². The minimum absolute atomic E-state index is 0.208. The number of benzene rings is 1. The van der Waals surface area contributed by atoms with Crippen LogP contribution in [0.1, 0.15) is 17.9 Å². The average Bonchev–Trinajstić information content (AvgIpc) is 2.69. The summed E-state index contributed by atoms with van der Waals surface area (Å²) in [5, 5.41) is 3.16. The van der Waals surface area contributed by atoms with Gasteiger partial charge >= 0.3 is 0 Å². The molecular weight excluding hydrogens is 200 g/mol. The second kappa shape index (κ2) is 4.14. The standard InChI is InChI=1S/C11H13F2NO/c1-15-11-9(12)4-8(5-10(11)13)7-2-3-14-6-7/h4-5,7,14H,2-3,6H2,1H3. The highest BCUT2D eigenvalue weighted by Gasteiger charge is 2.20. The van der Waals surface area contributed by atoms with E-state index in [1.165, 1.54) is 19.2 Å². The number of nitrogens with one attached hydrogen (secondary N) is 1. The molecule has 1 fully saturated rings. The van der Waals surface area contributed by atoms with Crippen molar-refractivity contribution in [1.29, 1.82) is 0 Å². The fourth-order valence-electron chi connectivity index (χ4n) is 1.95. The number of hydrogen-bond donors (Lipinski definition) is 1. The Hall–Kier alpha value is -1.16. The smallest absolute Gasteiger partial charge is 0.190 e. The summed E-state index contributed by atoms with van der Waals surface area (Å²) >= 11 is 0. The molecule has 82 valence electrons. The van der Waals surface area contributed by atoms with E-state index in [0.717, 1.165) is 19.5 Å². The number of rotatable bonds is 2. The Kier molecular flexibility index (Phi) is 2.86. The van der Waals surface area contributed by atoms with Gasteiger partial charge in [0.15, 0.2) is 17.4 Å². The monoisotopic (exact) mass is 213 g/mol. The Morgan fingerprint density at radius 2 is 2.00 bits per heavy atom. The van der Waals surface area contributed by atoms with E-state index in [2.05, 4.69) is 10.1 Å². The number of ether oxygens (including phenoxy) is 1. The summed E-state index contributed by atoms with van der Waals surface area (Å²) in [7, 11) is 1.26. The van der Waals surface area contributed by atoms with Crippen molar-refractivity contribution in [2.24, 2.45) is 0 Å². The maximum absolute atomic E-state index is 13.4. The molecule has 4 heteroatoms. The molecule has 1 heterocycles. The molecule has 1 aromatic rings. The summed E-state index contributed by atoms with van der Waals surface area (Å²) < 4.78 is 31.4.